The van der Waals surface area contributed by atoms with Crippen molar-refractivity contribution in [1.29, 1.82) is 0 Å². The fourth-order valence-corrected chi connectivity index (χ4v) is 1.62. The van der Waals surface area contributed by atoms with Gasteiger partial charge < -0.3 is 4.74 Å². The summed E-state index contributed by atoms with van der Waals surface area (Å²) in [7, 11) is 0. The lowest BCUT2D eigenvalue weighted by atomic mass is 9.91. The lowest BCUT2D eigenvalue weighted by Crippen LogP contribution is -2.07. The molecule has 0 radical (unpaired) electrons. The van der Waals surface area contributed by atoms with Gasteiger partial charge in [-0.15, -0.1) is 0 Å². The molecule has 1 unspecified atom stereocenters. The highest BCUT2D eigenvalue weighted by molar-refractivity contribution is 5.33. The maximum Gasteiger partial charge on any atom is 0.216 e. The summed E-state index contributed by atoms with van der Waals surface area (Å²) in [5.41, 5.74) is 1.27. The number of fused-ring (bicyclic) bond motifs is 1. The zero-order chi connectivity index (χ0) is 8.55. The van der Waals surface area contributed by atoms with Crippen molar-refractivity contribution in [3.05, 3.63) is 23.9 Å². The Morgan fingerprint density at radius 1 is 1.58 bits per heavy atom. The predicted molar refractivity (Wildman–Crippen MR) is 47.3 cm³/mol. The molecule has 1 atom stereocenters. The summed E-state index contributed by atoms with van der Waals surface area (Å²) in [6, 6.07) is 4.09. The Balaban J connectivity index is 2.36. The van der Waals surface area contributed by atoms with E-state index in [1.54, 1.807) is 6.20 Å². The maximum absolute atomic E-state index is 5.46. The lowest BCUT2D eigenvalue weighted by molar-refractivity contribution is 0.296. The second-order valence-corrected chi connectivity index (χ2v) is 3.56. The molecule has 12 heavy (non-hydrogen) atoms. The summed E-state index contributed by atoms with van der Waals surface area (Å²) in [5.74, 6) is 2.00. The molecule has 2 heterocycles. The summed E-state index contributed by atoms with van der Waals surface area (Å²) < 4.78 is 5.46. The monoisotopic (exact) mass is 163 g/mol. The number of pyridine rings is 1. The third kappa shape index (κ3) is 1.07. The molecule has 1 aromatic rings. The van der Waals surface area contributed by atoms with Gasteiger partial charge in [0.2, 0.25) is 5.88 Å². The molecular weight excluding hydrogens is 150 g/mol. The lowest BCUT2D eigenvalue weighted by Gasteiger charge is -2.11. The van der Waals surface area contributed by atoms with Crippen molar-refractivity contribution in [2.75, 3.05) is 6.61 Å². The van der Waals surface area contributed by atoms with Gasteiger partial charge in [0.05, 0.1) is 6.61 Å². The van der Waals surface area contributed by atoms with E-state index in [0.29, 0.717) is 11.8 Å². The van der Waals surface area contributed by atoms with E-state index in [9.17, 15) is 0 Å². The molecule has 0 bridgehead atoms. The third-order valence-corrected chi connectivity index (χ3v) is 2.40. The van der Waals surface area contributed by atoms with Gasteiger partial charge in [-0.3, -0.25) is 0 Å². The van der Waals surface area contributed by atoms with Crippen molar-refractivity contribution < 1.29 is 4.74 Å². The van der Waals surface area contributed by atoms with Crippen molar-refractivity contribution in [1.82, 2.24) is 4.98 Å². The summed E-state index contributed by atoms with van der Waals surface area (Å²) in [6.07, 6.45) is 1.78. The van der Waals surface area contributed by atoms with E-state index in [1.807, 2.05) is 6.07 Å². The van der Waals surface area contributed by atoms with Gasteiger partial charge in [0.15, 0.2) is 0 Å². The number of hydrogen-bond donors (Lipinski definition) is 0. The summed E-state index contributed by atoms with van der Waals surface area (Å²) in [6.45, 7) is 5.23. The first kappa shape index (κ1) is 7.59. The standard InChI is InChI=1S/C10H13NO/c1-7(2)9-6-12-10-8(9)4-3-5-11-10/h3-5,7,9H,6H2,1-2H3. The number of hydrogen-bond acceptors (Lipinski definition) is 2. The molecule has 0 fully saturated rings. The summed E-state index contributed by atoms with van der Waals surface area (Å²) in [4.78, 5) is 4.17. The van der Waals surface area contributed by atoms with Gasteiger partial charge in [-0.2, -0.15) is 0 Å². The number of ether oxygens (including phenoxy) is 1. The fourth-order valence-electron chi connectivity index (χ4n) is 1.62. The molecule has 0 saturated heterocycles. The van der Waals surface area contributed by atoms with E-state index in [2.05, 4.69) is 24.9 Å². The molecule has 0 amide bonds. The van der Waals surface area contributed by atoms with E-state index >= 15 is 0 Å². The Labute approximate surface area is 72.6 Å². The van der Waals surface area contributed by atoms with Crippen LogP contribution in [0.2, 0.25) is 0 Å². The Kier molecular flexibility index (Phi) is 1.75. The van der Waals surface area contributed by atoms with Crippen LogP contribution >= 0.6 is 0 Å². The zero-order valence-corrected chi connectivity index (χ0v) is 7.45. The normalized spacial score (nSPS) is 20.8. The first-order chi connectivity index (χ1) is 5.79. The molecule has 2 heteroatoms. The van der Waals surface area contributed by atoms with Gasteiger partial charge in [-0.1, -0.05) is 19.9 Å². The Bertz CT molecular complexity index is 283. The van der Waals surface area contributed by atoms with Gasteiger partial charge in [0, 0.05) is 17.7 Å². The van der Waals surface area contributed by atoms with E-state index in [1.165, 1.54) is 5.56 Å². The smallest absolute Gasteiger partial charge is 0.216 e. The van der Waals surface area contributed by atoms with E-state index < -0.39 is 0 Å². The minimum atomic E-state index is 0.536. The van der Waals surface area contributed by atoms with Crippen LogP contribution in [0.15, 0.2) is 18.3 Å². The summed E-state index contributed by atoms with van der Waals surface area (Å²) in [5, 5.41) is 0. The fraction of sp³-hybridized carbons (Fsp3) is 0.500. The summed E-state index contributed by atoms with van der Waals surface area (Å²) >= 11 is 0. The van der Waals surface area contributed by atoms with Gasteiger partial charge in [0.1, 0.15) is 0 Å². The number of rotatable bonds is 1. The first-order valence-corrected chi connectivity index (χ1v) is 4.36. The van der Waals surface area contributed by atoms with Gasteiger partial charge in [-0.05, 0) is 12.0 Å². The molecule has 0 N–H and O–H groups in total. The maximum atomic E-state index is 5.46. The zero-order valence-electron chi connectivity index (χ0n) is 7.45. The third-order valence-electron chi connectivity index (χ3n) is 2.40. The Morgan fingerprint density at radius 2 is 2.42 bits per heavy atom. The molecule has 64 valence electrons. The van der Waals surface area contributed by atoms with Crippen molar-refractivity contribution in [2.24, 2.45) is 5.92 Å². The van der Waals surface area contributed by atoms with Crippen LogP contribution in [-0.4, -0.2) is 11.6 Å². The van der Waals surface area contributed by atoms with E-state index in [-0.39, 0.29) is 0 Å². The van der Waals surface area contributed by atoms with Crippen molar-refractivity contribution in [3.8, 4) is 5.88 Å². The van der Waals surface area contributed by atoms with Crippen molar-refractivity contribution >= 4 is 0 Å². The van der Waals surface area contributed by atoms with Crippen molar-refractivity contribution in [3.63, 3.8) is 0 Å². The number of nitrogens with zero attached hydrogens (tertiary/aromatic N) is 1. The molecule has 0 saturated carbocycles. The Morgan fingerprint density at radius 3 is 3.17 bits per heavy atom. The molecule has 0 spiro atoms. The SMILES string of the molecule is CC(C)C1COc2ncccc21. The van der Waals surface area contributed by atoms with Gasteiger partial charge >= 0.3 is 0 Å². The highest BCUT2D eigenvalue weighted by atomic mass is 16.5. The number of aromatic nitrogens is 1. The predicted octanol–water partition coefficient (Wildman–Crippen LogP) is 2.21. The molecular formula is C10H13NO. The minimum absolute atomic E-state index is 0.536. The highest BCUT2D eigenvalue weighted by Crippen LogP contribution is 2.35. The van der Waals surface area contributed by atoms with Crippen LogP contribution in [-0.2, 0) is 0 Å². The van der Waals surface area contributed by atoms with Crippen LogP contribution in [0, 0.1) is 5.92 Å². The first-order valence-electron chi connectivity index (χ1n) is 4.36. The van der Waals surface area contributed by atoms with E-state index in [4.69, 9.17) is 4.74 Å². The van der Waals surface area contributed by atoms with Gasteiger partial charge in [0.25, 0.3) is 0 Å². The van der Waals surface area contributed by atoms with Crippen LogP contribution in [0.4, 0.5) is 0 Å². The molecule has 0 aliphatic carbocycles. The second-order valence-electron chi connectivity index (χ2n) is 3.56. The minimum Gasteiger partial charge on any atom is -0.477 e. The van der Waals surface area contributed by atoms with Crippen molar-refractivity contribution in [2.45, 2.75) is 19.8 Å². The molecule has 1 aliphatic heterocycles. The van der Waals surface area contributed by atoms with Crippen LogP contribution in [0.1, 0.15) is 25.3 Å². The topological polar surface area (TPSA) is 22.1 Å². The highest BCUT2D eigenvalue weighted by Gasteiger charge is 2.26. The molecule has 0 aromatic carbocycles. The van der Waals surface area contributed by atoms with Crippen LogP contribution in [0.5, 0.6) is 5.88 Å². The average Bonchev–Trinajstić information content (AvgIpc) is 2.47. The molecule has 1 aliphatic rings. The quantitative estimate of drug-likeness (QED) is 0.633. The molecule has 1 aromatic heterocycles. The van der Waals surface area contributed by atoms with Gasteiger partial charge in [-0.25, -0.2) is 4.98 Å². The second kappa shape index (κ2) is 2.77. The molecule has 2 rings (SSSR count). The molecule has 2 nitrogen and oxygen atoms in total. The van der Waals surface area contributed by atoms with Crippen LogP contribution in [0.3, 0.4) is 0 Å². The largest absolute Gasteiger partial charge is 0.477 e. The van der Waals surface area contributed by atoms with E-state index in [0.717, 1.165) is 12.5 Å². The Hall–Kier alpha value is -1.05. The van der Waals surface area contributed by atoms with Crippen LogP contribution < -0.4 is 4.74 Å². The average molecular weight is 163 g/mol. The van der Waals surface area contributed by atoms with Crippen LogP contribution in [0.25, 0.3) is 0 Å².